The molecule has 1 aliphatic rings. The summed E-state index contributed by atoms with van der Waals surface area (Å²) in [5.74, 6) is -2.72. The van der Waals surface area contributed by atoms with Crippen LogP contribution in [0.25, 0.3) is 0 Å². The molecule has 0 saturated carbocycles. The summed E-state index contributed by atoms with van der Waals surface area (Å²) in [5.41, 5.74) is -0.557. The lowest BCUT2D eigenvalue weighted by Gasteiger charge is -2.44. The number of carbonyl (C=O) groups excluding carboxylic acids is 5. The summed E-state index contributed by atoms with van der Waals surface area (Å²) in [7, 11) is 0. The highest BCUT2D eigenvalue weighted by Crippen LogP contribution is 2.30. The highest BCUT2D eigenvalue weighted by Gasteiger charge is 2.52. The van der Waals surface area contributed by atoms with E-state index in [1.54, 1.807) is 20.8 Å². The number of nitrogens with one attached hydrogen (secondary N) is 2. The van der Waals surface area contributed by atoms with Gasteiger partial charge in [0.25, 0.3) is 0 Å². The molecule has 224 valence electrons. The monoisotopic (exact) mass is 562 g/mol. The van der Waals surface area contributed by atoms with Crippen molar-refractivity contribution in [1.82, 2.24) is 10.6 Å². The zero-order valence-electron chi connectivity index (χ0n) is 23.7. The van der Waals surface area contributed by atoms with E-state index in [1.165, 1.54) is 6.92 Å². The Kier molecular flexibility index (Phi) is 14.7. The molecule has 1 saturated heterocycles. The molecule has 0 aromatic carbocycles. The first-order valence-corrected chi connectivity index (χ1v) is 12.8. The molecule has 5 atom stereocenters. The lowest BCUT2D eigenvalue weighted by molar-refractivity contribution is -0.308. The van der Waals surface area contributed by atoms with Gasteiger partial charge in [0.2, 0.25) is 0 Å². The third-order valence-electron chi connectivity index (χ3n) is 4.93. The number of esters is 4. The average Bonchev–Trinajstić information content (AvgIpc) is 2.78. The second-order valence-corrected chi connectivity index (χ2v) is 9.82. The zero-order valence-corrected chi connectivity index (χ0v) is 23.7. The number of rotatable bonds is 14. The van der Waals surface area contributed by atoms with Crippen LogP contribution >= 0.6 is 0 Å². The van der Waals surface area contributed by atoms with Crippen LogP contribution in [-0.4, -0.2) is 99.1 Å². The van der Waals surface area contributed by atoms with Gasteiger partial charge in [-0.2, -0.15) is 0 Å². The summed E-state index contributed by atoms with van der Waals surface area (Å²) in [6.45, 7) is 11.5. The van der Waals surface area contributed by atoms with E-state index in [4.69, 9.17) is 33.2 Å². The van der Waals surface area contributed by atoms with Crippen molar-refractivity contribution in [2.45, 2.75) is 97.6 Å². The van der Waals surface area contributed by atoms with E-state index in [0.29, 0.717) is 32.5 Å². The van der Waals surface area contributed by atoms with Gasteiger partial charge in [-0.05, 0) is 46.7 Å². The SMILES string of the molecule is CC(=O)OCC1OC(OCCCNCCCNC(=O)OC(C)(C)C)C(OC(C)=O)C(OC(C)=O)C1OC(C)=O. The van der Waals surface area contributed by atoms with Crippen LogP contribution in [0.5, 0.6) is 0 Å². The molecule has 0 spiro atoms. The van der Waals surface area contributed by atoms with Crippen molar-refractivity contribution in [3.05, 3.63) is 0 Å². The maximum absolute atomic E-state index is 11.9. The van der Waals surface area contributed by atoms with Crippen molar-refractivity contribution in [3.63, 3.8) is 0 Å². The number of carbonyl (C=O) groups is 5. The standard InChI is InChI=1S/C25H42N2O12/c1-15(28)34-14-19-20(35-16(2)29)21(36-17(3)30)22(37-18(4)31)23(38-19)33-13-9-11-26-10-8-12-27-24(32)39-25(5,6)7/h19-23,26H,8-14H2,1-7H3,(H,27,32). The van der Waals surface area contributed by atoms with Gasteiger partial charge < -0.3 is 43.8 Å². The zero-order chi connectivity index (χ0) is 29.6. The molecular formula is C25H42N2O12. The first-order chi connectivity index (χ1) is 18.2. The summed E-state index contributed by atoms with van der Waals surface area (Å²) in [4.78, 5) is 58.5. The Labute approximate surface area is 228 Å². The topological polar surface area (TPSA) is 174 Å². The molecule has 14 heteroatoms. The normalized spacial score (nSPS) is 22.8. The largest absolute Gasteiger partial charge is 0.463 e. The molecule has 0 aromatic rings. The average molecular weight is 563 g/mol. The minimum Gasteiger partial charge on any atom is -0.463 e. The predicted molar refractivity (Wildman–Crippen MR) is 134 cm³/mol. The van der Waals surface area contributed by atoms with Crippen molar-refractivity contribution in [3.8, 4) is 0 Å². The molecule has 5 unspecified atom stereocenters. The summed E-state index contributed by atoms with van der Waals surface area (Å²) >= 11 is 0. The maximum Gasteiger partial charge on any atom is 0.407 e. The lowest BCUT2D eigenvalue weighted by Crippen LogP contribution is -2.63. The fourth-order valence-electron chi connectivity index (χ4n) is 3.56. The minimum atomic E-state index is -1.27. The van der Waals surface area contributed by atoms with Gasteiger partial charge in [-0.1, -0.05) is 0 Å². The van der Waals surface area contributed by atoms with Gasteiger partial charge in [0.1, 0.15) is 18.3 Å². The quantitative estimate of drug-likeness (QED) is 0.174. The Bertz CT molecular complexity index is 828. The summed E-state index contributed by atoms with van der Waals surface area (Å²) in [6, 6.07) is 0. The van der Waals surface area contributed by atoms with E-state index in [2.05, 4.69) is 10.6 Å². The van der Waals surface area contributed by atoms with Gasteiger partial charge in [-0.3, -0.25) is 19.2 Å². The molecule has 0 aromatic heterocycles. The van der Waals surface area contributed by atoms with E-state index in [0.717, 1.165) is 20.8 Å². The van der Waals surface area contributed by atoms with Crippen LogP contribution in [0.3, 0.4) is 0 Å². The second-order valence-electron chi connectivity index (χ2n) is 9.82. The smallest absolute Gasteiger partial charge is 0.407 e. The fourth-order valence-corrected chi connectivity index (χ4v) is 3.56. The predicted octanol–water partition coefficient (Wildman–Crippen LogP) is 0.981. The van der Waals surface area contributed by atoms with Crippen molar-refractivity contribution >= 4 is 30.0 Å². The van der Waals surface area contributed by atoms with Crippen LogP contribution in [0, 0.1) is 0 Å². The van der Waals surface area contributed by atoms with Crippen LogP contribution in [0.1, 0.15) is 61.3 Å². The second kappa shape index (κ2) is 16.9. The molecule has 1 rings (SSSR count). The Morgan fingerprint density at radius 1 is 0.744 bits per heavy atom. The summed E-state index contributed by atoms with van der Waals surface area (Å²) < 4.78 is 37.9. The van der Waals surface area contributed by atoms with Crippen LogP contribution in [0.15, 0.2) is 0 Å². The number of hydrogen-bond donors (Lipinski definition) is 2. The van der Waals surface area contributed by atoms with Gasteiger partial charge in [0.05, 0.1) is 6.61 Å². The van der Waals surface area contributed by atoms with E-state index < -0.39 is 66.3 Å². The summed E-state index contributed by atoms with van der Waals surface area (Å²) in [5, 5.41) is 5.89. The fraction of sp³-hybridized carbons (Fsp3) is 0.800. The molecule has 1 aliphatic heterocycles. The molecule has 1 heterocycles. The lowest BCUT2D eigenvalue weighted by atomic mass is 9.98. The third-order valence-corrected chi connectivity index (χ3v) is 4.93. The Hall–Kier alpha value is -2.97. The van der Waals surface area contributed by atoms with Gasteiger partial charge in [0.15, 0.2) is 24.6 Å². The van der Waals surface area contributed by atoms with Crippen LogP contribution in [0.4, 0.5) is 4.79 Å². The molecule has 1 fully saturated rings. The molecule has 1 amide bonds. The van der Waals surface area contributed by atoms with Crippen LogP contribution in [0.2, 0.25) is 0 Å². The Morgan fingerprint density at radius 2 is 1.31 bits per heavy atom. The van der Waals surface area contributed by atoms with Crippen LogP contribution < -0.4 is 10.6 Å². The van der Waals surface area contributed by atoms with Crippen LogP contribution in [-0.2, 0) is 52.3 Å². The van der Waals surface area contributed by atoms with Crippen molar-refractivity contribution in [1.29, 1.82) is 0 Å². The molecule has 39 heavy (non-hydrogen) atoms. The first-order valence-electron chi connectivity index (χ1n) is 12.8. The molecule has 0 bridgehead atoms. The number of alkyl carbamates (subject to hydrolysis) is 1. The number of amides is 1. The molecule has 0 radical (unpaired) electrons. The van der Waals surface area contributed by atoms with Crippen molar-refractivity contribution in [2.24, 2.45) is 0 Å². The number of ether oxygens (including phenoxy) is 7. The van der Waals surface area contributed by atoms with E-state index in [1.807, 2.05) is 0 Å². The van der Waals surface area contributed by atoms with Crippen molar-refractivity contribution in [2.75, 3.05) is 32.8 Å². The summed E-state index contributed by atoms with van der Waals surface area (Å²) in [6.07, 6.45) is -5.28. The highest BCUT2D eigenvalue weighted by atomic mass is 16.7. The Morgan fingerprint density at radius 3 is 1.87 bits per heavy atom. The van der Waals surface area contributed by atoms with Gasteiger partial charge in [-0.25, -0.2) is 4.79 Å². The first kappa shape index (κ1) is 34.1. The molecule has 2 N–H and O–H groups in total. The van der Waals surface area contributed by atoms with E-state index in [-0.39, 0.29) is 13.2 Å². The maximum atomic E-state index is 11.9. The molecular weight excluding hydrogens is 520 g/mol. The minimum absolute atomic E-state index is 0.164. The molecule has 0 aliphatic carbocycles. The highest BCUT2D eigenvalue weighted by molar-refractivity contribution is 5.69. The van der Waals surface area contributed by atoms with Crippen molar-refractivity contribution < 1.29 is 57.1 Å². The van der Waals surface area contributed by atoms with Gasteiger partial charge in [0, 0.05) is 34.2 Å². The number of hydrogen-bond acceptors (Lipinski definition) is 13. The van der Waals surface area contributed by atoms with Gasteiger partial charge >= 0.3 is 30.0 Å². The van der Waals surface area contributed by atoms with Gasteiger partial charge in [-0.15, -0.1) is 0 Å². The van der Waals surface area contributed by atoms with E-state index >= 15 is 0 Å². The third kappa shape index (κ3) is 14.7. The molecule has 14 nitrogen and oxygen atoms in total. The Balaban J connectivity index is 2.70. The van der Waals surface area contributed by atoms with E-state index in [9.17, 15) is 24.0 Å².